The number of pyridine rings is 2. The highest BCUT2D eigenvalue weighted by atomic mass is 32.1. The Morgan fingerprint density at radius 2 is 1.30 bits per heavy atom. The van der Waals surface area contributed by atoms with E-state index in [4.69, 9.17) is 0 Å². The highest BCUT2D eigenvalue weighted by molar-refractivity contribution is 7.18. The van der Waals surface area contributed by atoms with E-state index >= 15 is 0 Å². The maximum Gasteiger partial charge on any atom is 0.255 e. The Balaban J connectivity index is 0.000000162. The number of fused-ring (bicyclic) bond motifs is 3. The molecule has 0 aliphatic carbocycles. The quantitative estimate of drug-likeness (QED) is 0.187. The summed E-state index contributed by atoms with van der Waals surface area (Å²) in [5, 5.41) is 28.4. The number of nitrogens with zero attached hydrogens (tertiary/aromatic N) is 5. The third kappa shape index (κ3) is 6.56. The van der Waals surface area contributed by atoms with E-state index in [0.717, 1.165) is 31.7 Å². The van der Waals surface area contributed by atoms with Crippen LogP contribution < -0.4 is 10.6 Å². The normalized spacial score (nSPS) is 10.8. The maximum absolute atomic E-state index is 12.4. The van der Waals surface area contributed by atoms with E-state index < -0.39 is 0 Å². The molecule has 228 valence electrons. The smallest absolute Gasteiger partial charge is 0.255 e. The molecule has 7 aromatic rings. The van der Waals surface area contributed by atoms with E-state index in [1.165, 1.54) is 0 Å². The first-order chi connectivity index (χ1) is 22.4. The van der Waals surface area contributed by atoms with Gasteiger partial charge in [0.05, 0.1) is 52.0 Å². The number of thiazole rings is 1. The van der Waals surface area contributed by atoms with Gasteiger partial charge in [0.1, 0.15) is 16.0 Å². The number of aromatic nitrogens is 5. The molecule has 0 aliphatic heterocycles. The minimum Gasteiger partial charge on any atom is -0.505 e. The lowest BCUT2D eigenvalue weighted by atomic mass is 10.1. The number of benzene rings is 3. The van der Waals surface area contributed by atoms with Crippen LogP contribution in [0.3, 0.4) is 0 Å². The Labute approximate surface area is 266 Å². The third-order valence-electron chi connectivity index (χ3n) is 6.99. The largest absolute Gasteiger partial charge is 0.505 e. The van der Waals surface area contributed by atoms with Gasteiger partial charge in [0.25, 0.3) is 11.8 Å². The summed E-state index contributed by atoms with van der Waals surface area (Å²) in [6.07, 6.45) is 6.41. The third-order valence-corrected chi connectivity index (χ3v) is 8.02. The number of hydrogen-bond acceptors (Lipinski definition) is 10. The molecule has 0 saturated heterocycles. The lowest BCUT2D eigenvalue weighted by molar-refractivity contribution is 0.0939. The van der Waals surface area contributed by atoms with Gasteiger partial charge in [0, 0.05) is 29.4 Å². The Kier molecular flexibility index (Phi) is 8.70. The molecular formula is C34H27N7O4S. The fourth-order valence-corrected chi connectivity index (χ4v) is 5.56. The number of phenolic OH excluding ortho intramolecular Hbond substituents is 2. The number of carbonyl (C=O) groups excluding carboxylic acids is 2. The molecule has 3 aromatic carbocycles. The van der Waals surface area contributed by atoms with Crippen molar-refractivity contribution >= 4 is 55.2 Å². The fraction of sp³-hybridized carbons (Fsp3) is 0.0882. The van der Waals surface area contributed by atoms with Crippen molar-refractivity contribution in [3.05, 3.63) is 125 Å². The van der Waals surface area contributed by atoms with Gasteiger partial charge in [-0.05, 0) is 43.3 Å². The zero-order valence-corrected chi connectivity index (χ0v) is 25.3. The van der Waals surface area contributed by atoms with Gasteiger partial charge < -0.3 is 20.8 Å². The molecule has 4 aromatic heterocycles. The van der Waals surface area contributed by atoms with Gasteiger partial charge in [0.15, 0.2) is 11.5 Å². The molecule has 0 atom stereocenters. The predicted octanol–water partition coefficient (Wildman–Crippen LogP) is 5.45. The van der Waals surface area contributed by atoms with Crippen molar-refractivity contribution in [2.75, 3.05) is 0 Å². The zero-order chi connectivity index (χ0) is 32.0. The van der Waals surface area contributed by atoms with Crippen LogP contribution in [0.4, 0.5) is 0 Å². The van der Waals surface area contributed by atoms with Crippen LogP contribution in [-0.2, 0) is 13.1 Å². The molecule has 0 spiro atoms. The van der Waals surface area contributed by atoms with Crippen molar-refractivity contribution in [1.29, 1.82) is 0 Å². The minimum absolute atomic E-state index is 0.102. The molecule has 12 heteroatoms. The molecule has 4 N–H and O–H groups in total. The Morgan fingerprint density at radius 1 is 0.696 bits per heavy atom. The SMILES string of the molecule is Cc1cnc(CNC(=O)c2ccc3cccnc3c2O)cn1.O=C(NCc1nc2ccccc2s1)c1ccc2cccnc2c1O. The molecule has 7 rings (SSSR count). The Morgan fingerprint density at radius 3 is 1.89 bits per heavy atom. The first kappa shape index (κ1) is 30.0. The number of hydrogen-bond donors (Lipinski definition) is 4. The second kappa shape index (κ2) is 13.3. The van der Waals surface area contributed by atoms with E-state index in [2.05, 4.69) is 35.6 Å². The predicted molar refractivity (Wildman–Crippen MR) is 176 cm³/mol. The van der Waals surface area contributed by atoms with Crippen molar-refractivity contribution in [3.8, 4) is 11.5 Å². The lowest BCUT2D eigenvalue weighted by Gasteiger charge is -2.08. The van der Waals surface area contributed by atoms with Crippen LogP contribution in [-0.4, -0.2) is 46.9 Å². The molecule has 11 nitrogen and oxygen atoms in total. The topological polar surface area (TPSA) is 163 Å². The number of aryl methyl sites for hydroxylation is 1. The number of para-hydroxylation sites is 1. The Bertz CT molecular complexity index is 2170. The summed E-state index contributed by atoms with van der Waals surface area (Å²) in [6, 6.07) is 21.8. The van der Waals surface area contributed by atoms with Crippen molar-refractivity contribution in [2.24, 2.45) is 0 Å². The van der Waals surface area contributed by atoms with Gasteiger partial charge in [-0.25, -0.2) is 4.98 Å². The first-order valence-corrected chi connectivity index (χ1v) is 15.0. The average molecular weight is 630 g/mol. The summed E-state index contributed by atoms with van der Waals surface area (Å²) >= 11 is 1.54. The average Bonchev–Trinajstić information content (AvgIpc) is 3.51. The van der Waals surface area contributed by atoms with Crippen molar-refractivity contribution in [2.45, 2.75) is 20.0 Å². The highest BCUT2D eigenvalue weighted by Crippen LogP contribution is 2.28. The molecule has 0 aliphatic rings. The number of aromatic hydroxyl groups is 2. The van der Waals surface area contributed by atoms with Gasteiger partial charge in [0.2, 0.25) is 0 Å². The monoisotopic (exact) mass is 629 g/mol. The summed E-state index contributed by atoms with van der Waals surface area (Å²) in [7, 11) is 0. The Hall–Kier alpha value is -6.01. The van der Waals surface area contributed by atoms with Gasteiger partial charge in [-0.1, -0.05) is 36.4 Å². The minimum atomic E-state index is -0.382. The van der Waals surface area contributed by atoms with Crippen molar-refractivity contribution in [1.82, 2.24) is 35.6 Å². The van der Waals surface area contributed by atoms with Crippen molar-refractivity contribution < 1.29 is 19.8 Å². The van der Waals surface area contributed by atoms with Crippen LogP contribution in [0.1, 0.15) is 37.1 Å². The van der Waals surface area contributed by atoms with Crippen LogP contribution >= 0.6 is 11.3 Å². The highest BCUT2D eigenvalue weighted by Gasteiger charge is 2.16. The second-order valence-electron chi connectivity index (χ2n) is 10.2. The number of carbonyl (C=O) groups is 2. The zero-order valence-electron chi connectivity index (χ0n) is 24.5. The molecule has 0 fully saturated rings. The molecule has 0 bridgehead atoms. The van der Waals surface area contributed by atoms with Crippen LogP contribution in [0.2, 0.25) is 0 Å². The molecular weight excluding hydrogens is 602 g/mol. The van der Waals surface area contributed by atoms with E-state index in [-0.39, 0.29) is 41.0 Å². The fourth-order valence-electron chi connectivity index (χ4n) is 4.65. The van der Waals surface area contributed by atoms with E-state index in [9.17, 15) is 19.8 Å². The number of nitrogens with one attached hydrogen (secondary N) is 2. The molecule has 4 heterocycles. The molecule has 0 saturated carbocycles. The lowest BCUT2D eigenvalue weighted by Crippen LogP contribution is -2.23. The van der Waals surface area contributed by atoms with Gasteiger partial charge in [-0.3, -0.25) is 29.5 Å². The number of phenols is 2. The summed E-state index contributed by atoms with van der Waals surface area (Å²) in [4.78, 5) is 45.6. The van der Waals surface area contributed by atoms with E-state index in [1.54, 1.807) is 72.5 Å². The molecule has 46 heavy (non-hydrogen) atoms. The first-order valence-electron chi connectivity index (χ1n) is 14.2. The standard InChI is InChI=1S/C18H13N3O2S.C16H14N4O2/c22-17-12(8-7-11-4-3-9-19-16(11)17)18(23)20-10-15-21-13-5-1-2-6-14(13)24-15;1-10-7-19-12(8-18-10)9-20-16(22)13-5-4-11-3-2-6-17-14(11)15(13)21/h1-9,22H,10H2,(H,20,23);2-8,21H,9H2,1H3,(H,20,22). The summed E-state index contributed by atoms with van der Waals surface area (Å²) in [6.45, 7) is 2.40. The van der Waals surface area contributed by atoms with E-state index in [1.807, 2.05) is 43.3 Å². The molecule has 0 unspecified atom stereocenters. The van der Waals surface area contributed by atoms with Gasteiger partial charge in [-0.2, -0.15) is 0 Å². The van der Waals surface area contributed by atoms with Gasteiger partial charge in [-0.15, -0.1) is 11.3 Å². The summed E-state index contributed by atoms with van der Waals surface area (Å²) < 4.78 is 1.08. The molecule has 0 radical (unpaired) electrons. The van der Waals surface area contributed by atoms with Gasteiger partial charge >= 0.3 is 0 Å². The summed E-state index contributed by atoms with van der Waals surface area (Å²) in [5.41, 5.74) is 3.61. The number of amides is 2. The van der Waals surface area contributed by atoms with Crippen LogP contribution in [0.25, 0.3) is 32.0 Å². The van der Waals surface area contributed by atoms with Crippen molar-refractivity contribution in [3.63, 3.8) is 0 Å². The van der Waals surface area contributed by atoms with Crippen LogP contribution in [0.15, 0.2) is 97.6 Å². The number of rotatable bonds is 6. The summed E-state index contributed by atoms with van der Waals surface area (Å²) in [5.74, 6) is -0.952. The second-order valence-corrected chi connectivity index (χ2v) is 11.3. The molecule has 2 amide bonds. The van der Waals surface area contributed by atoms with Crippen LogP contribution in [0.5, 0.6) is 11.5 Å². The maximum atomic E-state index is 12.4. The van der Waals surface area contributed by atoms with Crippen LogP contribution in [0, 0.1) is 6.92 Å². The van der Waals surface area contributed by atoms with E-state index in [0.29, 0.717) is 23.3 Å².